The van der Waals surface area contributed by atoms with Gasteiger partial charge in [0, 0.05) is 19.6 Å². The first-order valence-electron chi connectivity index (χ1n) is 5.73. The molecule has 2 rings (SSSR count). The molecule has 0 bridgehead atoms. The van der Waals surface area contributed by atoms with E-state index in [0.29, 0.717) is 6.04 Å². The number of nitrogens with one attached hydrogen (secondary N) is 1. The number of hydrogen-bond acceptors (Lipinski definition) is 3. The van der Waals surface area contributed by atoms with Crippen LogP contribution in [0.15, 0.2) is 27.4 Å². The van der Waals surface area contributed by atoms with Gasteiger partial charge in [-0.15, -0.1) is 22.7 Å². The SMILES string of the molecule is CCCNC(c1cc(Br)cs1)c1ccsc1C. The number of hydrogen-bond donors (Lipinski definition) is 1. The lowest BCUT2D eigenvalue weighted by atomic mass is 10.1. The van der Waals surface area contributed by atoms with Crippen molar-refractivity contribution in [3.8, 4) is 0 Å². The zero-order chi connectivity index (χ0) is 12.3. The third kappa shape index (κ3) is 3.19. The van der Waals surface area contributed by atoms with Crippen LogP contribution in [0.3, 0.4) is 0 Å². The molecule has 0 aliphatic heterocycles. The van der Waals surface area contributed by atoms with Gasteiger partial charge in [-0.25, -0.2) is 0 Å². The summed E-state index contributed by atoms with van der Waals surface area (Å²) in [6, 6.07) is 4.80. The molecule has 0 amide bonds. The van der Waals surface area contributed by atoms with Gasteiger partial charge >= 0.3 is 0 Å². The highest BCUT2D eigenvalue weighted by atomic mass is 79.9. The first-order chi connectivity index (χ1) is 8.22. The third-order valence-corrected chi connectivity index (χ3v) is 5.30. The van der Waals surface area contributed by atoms with Crippen LogP contribution in [-0.4, -0.2) is 6.54 Å². The first-order valence-corrected chi connectivity index (χ1v) is 8.29. The Morgan fingerprint density at radius 1 is 1.41 bits per heavy atom. The largest absolute Gasteiger partial charge is 0.306 e. The maximum Gasteiger partial charge on any atom is 0.0682 e. The predicted octanol–water partition coefficient (Wildman–Crippen LogP) is 4.97. The van der Waals surface area contributed by atoms with Crippen LogP contribution in [0.5, 0.6) is 0 Å². The van der Waals surface area contributed by atoms with Crippen LogP contribution in [0.4, 0.5) is 0 Å². The summed E-state index contributed by atoms with van der Waals surface area (Å²) in [6.07, 6.45) is 1.16. The van der Waals surface area contributed by atoms with Crippen molar-refractivity contribution in [2.75, 3.05) is 6.54 Å². The Balaban J connectivity index is 2.28. The maximum atomic E-state index is 3.64. The molecule has 17 heavy (non-hydrogen) atoms. The van der Waals surface area contributed by atoms with Gasteiger partial charge in [0.1, 0.15) is 0 Å². The highest BCUT2D eigenvalue weighted by Crippen LogP contribution is 2.33. The van der Waals surface area contributed by atoms with Gasteiger partial charge in [-0.2, -0.15) is 0 Å². The molecule has 2 aromatic rings. The fourth-order valence-electron chi connectivity index (χ4n) is 1.83. The van der Waals surface area contributed by atoms with E-state index in [-0.39, 0.29) is 0 Å². The summed E-state index contributed by atoms with van der Waals surface area (Å²) in [5.41, 5.74) is 1.41. The van der Waals surface area contributed by atoms with Crippen molar-refractivity contribution in [2.45, 2.75) is 26.3 Å². The van der Waals surface area contributed by atoms with E-state index in [2.05, 4.69) is 58.0 Å². The van der Waals surface area contributed by atoms with Gasteiger partial charge in [0.05, 0.1) is 6.04 Å². The molecule has 1 N–H and O–H groups in total. The summed E-state index contributed by atoms with van der Waals surface area (Å²) in [7, 11) is 0. The van der Waals surface area contributed by atoms with Gasteiger partial charge < -0.3 is 5.32 Å². The standard InChI is InChI=1S/C13H16BrNS2/c1-3-5-15-13(11-4-6-16-9(11)2)12-7-10(14)8-17-12/h4,6-8,13,15H,3,5H2,1-2H3. The lowest BCUT2D eigenvalue weighted by Crippen LogP contribution is -2.22. The van der Waals surface area contributed by atoms with E-state index in [0.717, 1.165) is 13.0 Å². The summed E-state index contributed by atoms with van der Waals surface area (Å²) in [5, 5.41) is 7.96. The van der Waals surface area contributed by atoms with E-state index < -0.39 is 0 Å². The van der Waals surface area contributed by atoms with Gasteiger partial charge in [-0.05, 0) is 58.9 Å². The summed E-state index contributed by atoms with van der Waals surface area (Å²) < 4.78 is 1.17. The van der Waals surface area contributed by atoms with Gasteiger partial charge in [-0.3, -0.25) is 0 Å². The van der Waals surface area contributed by atoms with Crippen molar-refractivity contribution in [1.29, 1.82) is 0 Å². The Hall–Kier alpha value is -0.160. The van der Waals surface area contributed by atoms with E-state index in [9.17, 15) is 0 Å². The first kappa shape index (κ1) is 13.3. The normalized spacial score (nSPS) is 12.9. The van der Waals surface area contributed by atoms with Gasteiger partial charge in [0.25, 0.3) is 0 Å². The quantitative estimate of drug-likeness (QED) is 0.816. The number of halogens is 1. The molecule has 1 nitrogen and oxygen atoms in total. The van der Waals surface area contributed by atoms with Crippen LogP contribution >= 0.6 is 38.6 Å². The van der Waals surface area contributed by atoms with Crippen LogP contribution in [0.2, 0.25) is 0 Å². The molecule has 92 valence electrons. The lowest BCUT2D eigenvalue weighted by molar-refractivity contribution is 0.605. The summed E-state index contributed by atoms with van der Waals surface area (Å²) in [5.74, 6) is 0. The Labute approximate surface area is 119 Å². The molecule has 4 heteroatoms. The average molecular weight is 330 g/mol. The van der Waals surface area contributed by atoms with E-state index in [1.165, 1.54) is 19.8 Å². The maximum absolute atomic E-state index is 3.64. The van der Waals surface area contributed by atoms with Crippen molar-refractivity contribution in [2.24, 2.45) is 0 Å². The topological polar surface area (TPSA) is 12.0 Å². The average Bonchev–Trinajstić information content (AvgIpc) is 2.90. The molecule has 0 saturated carbocycles. The zero-order valence-corrected chi connectivity index (χ0v) is 13.2. The molecule has 0 fully saturated rings. The molecule has 1 unspecified atom stereocenters. The van der Waals surface area contributed by atoms with E-state index in [4.69, 9.17) is 0 Å². The number of thiophene rings is 2. The second kappa shape index (κ2) is 6.14. The molecule has 0 radical (unpaired) electrons. The molecule has 0 saturated heterocycles. The van der Waals surface area contributed by atoms with Gasteiger partial charge in [0.2, 0.25) is 0 Å². The van der Waals surface area contributed by atoms with E-state index in [1.807, 2.05) is 22.7 Å². The van der Waals surface area contributed by atoms with Crippen LogP contribution in [0.1, 0.15) is 34.7 Å². The van der Waals surface area contributed by atoms with Crippen LogP contribution in [0, 0.1) is 6.92 Å². The minimum atomic E-state index is 0.345. The monoisotopic (exact) mass is 329 g/mol. The smallest absolute Gasteiger partial charge is 0.0682 e. The lowest BCUT2D eigenvalue weighted by Gasteiger charge is -2.17. The van der Waals surface area contributed by atoms with E-state index in [1.54, 1.807) is 0 Å². The van der Waals surface area contributed by atoms with Crippen LogP contribution in [-0.2, 0) is 0 Å². The molecule has 2 heterocycles. The summed E-state index contributed by atoms with van der Waals surface area (Å²) in [4.78, 5) is 2.79. The van der Waals surface area contributed by atoms with Gasteiger partial charge in [-0.1, -0.05) is 6.92 Å². The Kier molecular flexibility index (Phi) is 4.79. The van der Waals surface area contributed by atoms with Crippen LogP contribution in [0.25, 0.3) is 0 Å². The summed E-state index contributed by atoms with van der Waals surface area (Å²) >= 11 is 7.17. The second-order valence-corrected chi connectivity index (χ2v) is 6.97. The second-order valence-electron chi connectivity index (χ2n) is 3.99. The molecule has 0 aliphatic rings. The Morgan fingerprint density at radius 3 is 2.76 bits per heavy atom. The predicted molar refractivity (Wildman–Crippen MR) is 81.2 cm³/mol. The minimum absolute atomic E-state index is 0.345. The number of rotatable bonds is 5. The molecule has 0 aromatic carbocycles. The van der Waals surface area contributed by atoms with Gasteiger partial charge in [0.15, 0.2) is 0 Å². The van der Waals surface area contributed by atoms with Crippen LogP contribution < -0.4 is 5.32 Å². The molecule has 1 atom stereocenters. The fourth-order valence-corrected chi connectivity index (χ4v) is 4.10. The molecular formula is C13H16BrNS2. The van der Waals surface area contributed by atoms with Crippen molar-refractivity contribution >= 4 is 38.6 Å². The number of aryl methyl sites for hydroxylation is 1. The zero-order valence-electron chi connectivity index (χ0n) is 10.00. The Morgan fingerprint density at radius 2 is 2.24 bits per heavy atom. The highest BCUT2D eigenvalue weighted by Gasteiger charge is 2.17. The fraction of sp³-hybridized carbons (Fsp3) is 0.385. The Bertz CT molecular complexity index is 475. The summed E-state index contributed by atoms with van der Waals surface area (Å²) in [6.45, 7) is 5.45. The van der Waals surface area contributed by atoms with Crippen molar-refractivity contribution in [1.82, 2.24) is 5.32 Å². The highest BCUT2D eigenvalue weighted by molar-refractivity contribution is 9.10. The molecule has 2 aromatic heterocycles. The third-order valence-electron chi connectivity index (χ3n) is 2.68. The van der Waals surface area contributed by atoms with Crippen molar-refractivity contribution in [3.63, 3.8) is 0 Å². The molecule has 0 aliphatic carbocycles. The molecular weight excluding hydrogens is 314 g/mol. The van der Waals surface area contributed by atoms with E-state index >= 15 is 0 Å². The van der Waals surface area contributed by atoms with Crippen molar-refractivity contribution < 1.29 is 0 Å². The molecule has 0 spiro atoms. The van der Waals surface area contributed by atoms with Crippen molar-refractivity contribution in [3.05, 3.63) is 42.7 Å². The minimum Gasteiger partial charge on any atom is -0.306 e.